The highest BCUT2D eigenvalue weighted by Crippen LogP contribution is 2.26. The zero-order valence-electron chi connectivity index (χ0n) is 18.9. The SMILES string of the molecule is COc1ccc(C(=O)NC(CC(=O)OC(C)C)c2ccccc2)cc1S(=O)(=O)NC(C)C. The predicted octanol–water partition coefficient (Wildman–Crippen LogP) is 3.19. The van der Waals surface area contributed by atoms with Crippen molar-refractivity contribution in [1.82, 2.24) is 10.0 Å². The minimum Gasteiger partial charge on any atom is -0.495 e. The molecule has 2 rings (SSSR count). The largest absolute Gasteiger partial charge is 0.495 e. The van der Waals surface area contributed by atoms with Crippen LogP contribution in [0.4, 0.5) is 0 Å². The number of benzene rings is 2. The second kappa shape index (κ2) is 11.1. The van der Waals surface area contributed by atoms with Gasteiger partial charge >= 0.3 is 5.97 Å². The molecule has 0 fully saturated rings. The number of carbonyl (C=O) groups is 2. The van der Waals surface area contributed by atoms with E-state index in [-0.39, 0.29) is 34.8 Å². The molecule has 2 aromatic rings. The zero-order chi connectivity index (χ0) is 23.9. The summed E-state index contributed by atoms with van der Waals surface area (Å²) in [7, 11) is -2.54. The van der Waals surface area contributed by atoms with Crippen molar-refractivity contribution in [3.8, 4) is 5.75 Å². The van der Waals surface area contributed by atoms with E-state index in [4.69, 9.17) is 9.47 Å². The van der Waals surface area contributed by atoms with Gasteiger partial charge in [-0.1, -0.05) is 30.3 Å². The molecule has 0 saturated heterocycles. The minimum absolute atomic E-state index is 0.0653. The van der Waals surface area contributed by atoms with Crippen LogP contribution in [0.25, 0.3) is 0 Å². The fraction of sp³-hybridized carbons (Fsp3) is 0.391. The summed E-state index contributed by atoms with van der Waals surface area (Å²) in [4.78, 5) is 25.1. The Morgan fingerprint density at radius 1 is 1.00 bits per heavy atom. The Labute approximate surface area is 189 Å². The number of methoxy groups -OCH3 is 1. The van der Waals surface area contributed by atoms with E-state index in [1.54, 1.807) is 52.0 Å². The van der Waals surface area contributed by atoms with E-state index in [0.717, 1.165) is 5.56 Å². The van der Waals surface area contributed by atoms with Crippen molar-refractivity contribution in [3.05, 3.63) is 59.7 Å². The summed E-state index contributed by atoms with van der Waals surface area (Å²) >= 11 is 0. The van der Waals surface area contributed by atoms with E-state index >= 15 is 0 Å². The van der Waals surface area contributed by atoms with Gasteiger partial charge in [-0.25, -0.2) is 13.1 Å². The van der Waals surface area contributed by atoms with Gasteiger partial charge in [0.15, 0.2) is 0 Å². The van der Waals surface area contributed by atoms with Gasteiger partial charge in [-0.05, 0) is 51.5 Å². The fourth-order valence-corrected chi connectivity index (χ4v) is 4.50. The molecule has 0 saturated carbocycles. The second-order valence-electron chi connectivity index (χ2n) is 7.82. The third-order valence-corrected chi connectivity index (χ3v) is 6.03. The van der Waals surface area contributed by atoms with E-state index < -0.39 is 27.9 Å². The summed E-state index contributed by atoms with van der Waals surface area (Å²) in [6.45, 7) is 6.89. The van der Waals surface area contributed by atoms with Gasteiger partial charge in [0, 0.05) is 11.6 Å². The van der Waals surface area contributed by atoms with E-state index in [2.05, 4.69) is 10.0 Å². The van der Waals surface area contributed by atoms with Crippen LogP contribution >= 0.6 is 0 Å². The lowest BCUT2D eigenvalue weighted by atomic mass is 10.0. The molecule has 174 valence electrons. The van der Waals surface area contributed by atoms with Crippen molar-refractivity contribution in [2.45, 2.75) is 57.2 Å². The van der Waals surface area contributed by atoms with Crippen LogP contribution in [0.3, 0.4) is 0 Å². The average molecular weight is 463 g/mol. The number of hydrogen-bond acceptors (Lipinski definition) is 6. The molecule has 2 aromatic carbocycles. The van der Waals surface area contributed by atoms with E-state index in [1.807, 2.05) is 6.07 Å². The molecule has 1 unspecified atom stereocenters. The molecule has 0 aromatic heterocycles. The lowest BCUT2D eigenvalue weighted by Gasteiger charge is -2.20. The van der Waals surface area contributed by atoms with Gasteiger partial charge < -0.3 is 14.8 Å². The van der Waals surface area contributed by atoms with Gasteiger partial charge in [-0.2, -0.15) is 0 Å². The number of amides is 1. The number of esters is 1. The van der Waals surface area contributed by atoms with Crippen molar-refractivity contribution in [2.75, 3.05) is 7.11 Å². The van der Waals surface area contributed by atoms with Crippen LogP contribution in [0.2, 0.25) is 0 Å². The number of ether oxygens (including phenoxy) is 2. The highest BCUT2D eigenvalue weighted by atomic mass is 32.2. The highest BCUT2D eigenvalue weighted by molar-refractivity contribution is 7.89. The Morgan fingerprint density at radius 2 is 1.66 bits per heavy atom. The van der Waals surface area contributed by atoms with E-state index in [1.165, 1.54) is 25.3 Å². The monoisotopic (exact) mass is 462 g/mol. The lowest BCUT2D eigenvalue weighted by molar-refractivity contribution is -0.147. The zero-order valence-corrected chi connectivity index (χ0v) is 19.7. The Bertz CT molecular complexity index is 1040. The first-order valence-corrected chi connectivity index (χ1v) is 11.8. The molecular weight excluding hydrogens is 432 g/mol. The maximum Gasteiger partial charge on any atom is 0.308 e. The van der Waals surface area contributed by atoms with Gasteiger partial charge in [0.05, 0.1) is 25.7 Å². The van der Waals surface area contributed by atoms with Crippen LogP contribution in [0.1, 0.15) is 56.1 Å². The summed E-state index contributed by atoms with van der Waals surface area (Å²) in [5.41, 5.74) is 0.845. The summed E-state index contributed by atoms with van der Waals surface area (Å²) in [6, 6.07) is 12.2. The molecule has 0 bridgehead atoms. The molecule has 2 N–H and O–H groups in total. The average Bonchev–Trinajstić information content (AvgIpc) is 2.71. The maximum atomic E-state index is 13.0. The standard InChI is InChI=1S/C23H30N2O6S/c1-15(2)25-32(28,29)21-13-18(11-12-20(21)30-5)23(27)24-19(14-22(26)31-16(3)4)17-9-7-6-8-10-17/h6-13,15-16,19,25H,14H2,1-5H3,(H,24,27). The van der Waals surface area contributed by atoms with Crippen molar-refractivity contribution >= 4 is 21.9 Å². The van der Waals surface area contributed by atoms with Gasteiger partial charge in [-0.15, -0.1) is 0 Å². The molecule has 8 nitrogen and oxygen atoms in total. The summed E-state index contributed by atoms with van der Waals surface area (Å²) < 4.78 is 38.3. The van der Waals surface area contributed by atoms with E-state index in [9.17, 15) is 18.0 Å². The van der Waals surface area contributed by atoms with Crippen molar-refractivity contribution in [3.63, 3.8) is 0 Å². The number of rotatable bonds is 10. The number of carbonyl (C=O) groups excluding carboxylic acids is 2. The first-order valence-electron chi connectivity index (χ1n) is 10.3. The molecule has 0 aliphatic carbocycles. The first kappa shape index (κ1) is 25.4. The van der Waals surface area contributed by atoms with Crippen LogP contribution < -0.4 is 14.8 Å². The molecule has 1 atom stereocenters. The number of sulfonamides is 1. The molecule has 0 heterocycles. The smallest absolute Gasteiger partial charge is 0.308 e. The van der Waals surface area contributed by atoms with Crippen molar-refractivity contribution in [1.29, 1.82) is 0 Å². The van der Waals surface area contributed by atoms with Crippen molar-refractivity contribution in [2.24, 2.45) is 0 Å². The first-order chi connectivity index (χ1) is 15.0. The molecule has 0 aliphatic heterocycles. The molecule has 0 radical (unpaired) electrons. The fourth-order valence-electron chi connectivity index (χ4n) is 3.06. The molecular formula is C23H30N2O6S. The van der Waals surface area contributed by atoms with Gasteiger partial charge in [0.2, 0.25) is 10.0 Å². The van der Waals surface area contributed by atoms with Crippen LogP contribution in [-0.4, -0.2) is 39.5 Å². The molecule has 9 heteroatoms. The van der Waals surface area contributed by atoms with Crippen LogP contribution in [0.15, 0.2) is 53.4 Å². The molecule has 1 amide bonds. The van der Waals surface area contributed by atoms with Gasteiger partial charge in [0.1, 0.15) is 10.6 Å². The number of hydrogen-bond donors (Lipinski definition) is 2. The summed E-state index contributed by atoms with van der Waals surface area (Å²) in [6.07, 6.45) is -0.345. The van der Waals surface area contributed by atoms with Gasteiger partial charge in [0.25, 0.3) is 5.91 Å². The molecule has 32 heavy (non-hydrogen) atoms. The van der Waals surface area contributed by atoms with E-state index in [0.29, 0.717) is 0 Å². The van der Waals surface area contributed by atoms with Crippen LogP contribution in [0, 0.1) is 0 Å². The van der Waals surface area contributed by atoms with Crippen LogP contribution in [0.5, 0.6) is 5.75 Å². The maximum absolute atomic E-state index is 13.0. The lowest BCUT2D eigenvalue weighted by Crippen LogP contribution is -2.32. The molecule has 0 spiro atoms. The highest BCUT2D eigenvalue weighted by Gasteiger charge is 2.25. The Balaban J connectivity index is 2.35. The second-order valence-corrected chi connectivity index (χ2v) is 9.50. The summed E-state index contributed by atoms with van der Waals surface area (Å²) in [5, 5.41) is 2.81. The summed E-state index contributed by atoms with van der Waals surface area (Å²) in [5.74, 6) is -0.858. The topological polar surface area (TPSA) is 111 Å². The van der Waals surface area contributed by atoms with Crippen LogP contribution in [-0.2, 0) is 19.6 Å². The quantitative estimate of drug-likeness (QED) is 0.525. The Hall–Kier alpha value is -2.91. The van der Waals surface area contributed by atoms with Crippen molar-refractivity contribution < 1.29 is 27.5 Å². The number of nitrogens with one attached hydrogen (secondary N) is 2. The third-order valence-electron chi connectivity index (χ3n) is 4.35. The molecule has 0 aliphatic rings. The Kier molecular flexibility index (Phi) is 8.80. The normalized spacial score (nSPS) is 12.5. The van der Waals surface area contributed by atoms with Gasteiger partial charge in [-0.3, -0.25) is 9.59 Å². The Morgan fingerprint density at radius 3 is 2.22 bits per heavy atom. The predicted molar refractivity (Wildman–Crippen MR) is 121 cm³/mol. The minimum atomic E-state index is -3.90. The third kappa shape index (κ3) is 7.06.